The lowest BCUT2D eigenvalue weighted by molar-refractivity contribution is -0.117. The van der Waals surface area contributed by atoms with Crippen LogP contribution in [0.25, 0.3) is 0 Å². The third-order valence-electron chi connectivity index (χ3n) is 3.62. The second-order valence-electron chi connectivity index (χ2n) is 5.91. The van der Waals surface area contributed by atoms with Crippen molar-refractivity contribution in [1.29, 1.82) is 0 Å². The van der Waals surface area contributed by atoms with Crippen molar-refractivity contribution < 1.29 is 13.9 Å². The van der Waals surface area contributed by atoms with Gasteiger partial charge in [0.1, 0.15) is 18.2 Å². The van der Waals surface area contributed by atoms with Gasteiger partial charge >= 0.3 is 0 Å². The molecule has 0 saturated carbocycles. The lowest BCUT2D eigenvalue weighted by atomic mass is 10.1. The predicted molar refractivity (Wildman–Crippen MR) is 93.9 cm³/mol. The number of rotatable bonds is 7. The van der Waals surface area contributed by atoms with Gasteiger partial charge in [-0.05, 0) is 56.8 Å². The average molecular weight is 330 g/mol. The third-order valence-corrected chi connectivity index (χ3v) is 3.62. The van der Waals surface area contributed by atoms with Crippen LogP contribution in [0.1, 0.15) is 11.1 Å². The molecule has 24 heavy (non-hydrogen) atoms. The summed E-state index contributed by atoms with van der Waals surface area (Å²) in [6.07, 6.45) is 0. The van der Waals surface area contributed by atoms with E-state index in [1.165, 1.54) is 17.7 Å². The Morgan fingerprint density at radius 2 is 1.88 bits per heavy atom. The first-order chi connectivity index (χ1) is 11.4. The van der Waals surface area contributed by atoms with Gasteiger partial charge < -0.3 is 10.1 Å². The van der Waals surface area contributed by atoms with Gasteiger partial charge in [0.05, 0.1) is 6.54 Å². The molecule has 0 spiro atoms. The minimum Gasteiger partial charge on any atom is -0.492 e. The Kier molecular flexibility index (Phi) is 6.32. The van der Waals surface area contributed by atoms with Crippen LogP contribution >= 0.6 is 0 Å². The summed E-state index contributed by atoms with van der Waals surface area (Å²) in [6.45, 7) is 5.30. The van der Waals surface area contributed by atoms with E-state index in [9.17, 15) is 9.18 Å². The molecule has 0 bridgehead atoms. The number of benzene rings is 2. The zero-order valence-corrected chi connectivity index (χ0v) is 14.3. The highest BCUT2D eigenvalue weighted by atomic mass is 19.1. The van der Waals surface area contributed by atoms with Crippen LogP contribution < -0.4 is 10.1 Å². The number of aryl methyl sites for hydroxylation is 2. The smallest absolute Gasteiger partial charge is 0.238 e. The van der Waals surface area contributed by atoms with Gasteiger partial charge in [0, 0.05) is 12.2 Å². The summed E-state index contributed by atoms with van der Waals surface area (Å²) in [6, 6.07) is 11.8. The van der Waals surface area contributed by atoms with Gasteiger partial charge in [-0.3, -0.25) is 9.69 Å². The number of amides is 1. The van der Waals surface area contributed by atoms with E-state index in [0.29, 0.717) is 18.9 Å². The lowest BCUT2D eigenvalue weighted by Gasteiger charge is -2.17. The van der Waals surface area contributed by atoms with Crippen LogP contribution in [0.4, 0.5) is 10.1 Å². The molecule has 2 aromatic carbocycles. The van der Waals surface area contributed by atoms with Gasteiger partial charge in [-0.2, -0.15) is 0 Å². The van der Waals surface area contributed by atoms with Gasteiger partial charge in [-0.25, -0.2) is 4.39 Å². The topological polar surface area (TPSA) is 41.6 Å². The first-order valence-corrected chi connectivity index (χ1v) is 7.88. The highest BCUT2D eigenvalue weighted by Crippen LogP contribution is 2.16. The molecular formula is C19H23FN2O2. The van der Waals surface area contributed by atoms with Crippen LogP contribution in [0.3, 0.4) is 0 Å². The fourth-order valence-corrected chi connectivity index (χ4v) is 2.32. The fraction of sp³-hybridized carbons (Fsp3) is 0.316. The van der Waals surface area contributed by atoms with E-state index < -0.39 is 0 Å². The molecular weight excluding hydrogens is 307 g/mol. The van der Waals surface area contributed by atoms with Crippen LogP contribution in [0.5, 0.6) is 5.75 Å². The number of hydrogen-bond donors (Lipinski definition) is 1. The van der Waals surface area contributed by atoms with Crippen molar-refractivity contribution in [2.24, 2.45) is 0 Å². The number of halogens is 1. The van der Waals surface area contributed by atoms with Crippen LogP contribution in [0.2, 0.25) is 0 Å². The third kappa shape index (κ3) is 5.66. The van der Waals surface area contributed by atoms with Crippen LogP contribution in [-0.2, 0) is 4.79 Å². The zero-order chi connectivity index (χ0) is 17.5. The van der Waals surface area contributed by atoms with Crippen molar-refractivity contribution >= 4 is 11.6 Å². The second-order valence-corrected chi connectivity index (χ2v) is 5.91. The summed E-state index contributed by atoms with van der Waals surface area (Å²) in [5.41, 5.74) is 3.05. The Hall–Kier alpha value is -2.40. The van der Waals surface area contributed by atoms with Gasteiger partial charge in [0.2, 0.25) is 5.91 Å². The molecule has 0 aliphatic carbocycles. The maximum Gasteiger partial charge on any atom is 0.238 e. The number of nitrogens with one attached hydrogen (secondary N) is 1. The summed E-state index contributed by atoms with van der Waals surface area (Å²) < 4.78 is 18.3. The number of nitrogens with zero attached hydrogens (tertiary/aromatic N) is 1. The summed E-state index contributed by atoms with van der Waals surface area (Å²) in [5.74, 6) is 0.262. The molecule has 0 fully saturated rings. The molecule has 0 aliphatic rings. The normalized spacial score (nSPS) is 10.7. The molecule has 0 saturated heterocycles. The van der Waals surface area contributed by atoms with E-state index in [-0.39, 0.29) is 18.3 Å². The summed E-state index contributed by atoms with van der Waals surface area (Å²) in [4.78, 5) is 14.0. The number of hydrogen-bond acceptors (Lipinski definition) is 3. The van der Waals surface area contributed by atoms with Gasteiger partial charge in [-0.15, -0.1) is 0 Å². The molecule has 1 amide bonds. The maximum atomic E-state index is 12.8. The lowest BCUT2D eigenvalue weighted by Crippen LogP contribution is -2.33. The summed E-state index contributed by atoms with van der Waals surface area (Å²) >= 11 is 0. The number of carbonyl (C=O) groups excluding carboxylic acids is 1. The van der Waals surface area contributed by atoms with Crippen LogP contribution in [-0.4, -0.2) is 37.6 Å². The van der Waals surface area contributed by atoms with E-state index in [0.717, 1.165) is 11.3 Å². The highest BCUT2D eigenvalue weighted by Gasteiger charge is 2.08. The van der Waals surface area contributed by atoms with Crippen molar-refractivity contribution in [1.82, 2.24) is 4.90 Å². The van der Waals surface area contributed by atoms with Crippen molar-refractivity contribution in [3.63, 3.8) is 0 Å². The van der Waals surface area contributed by atoms with Crippen LogP contribution in [0, 0.1) is 19.7 Å². The fourth-order valence-electron chi connectivity index (χ4n) is 2.32. The number of likely N-dealkylation sites (N-methyl/N-ethyl adjacent to an activating group) is 1. The molecule has 0 aromatic heterocycles. The zero-order valence-electron chi connectivity index (χ0n) is 14.3. The molecule has 0 radical (unpaired) electrons. The Labute approximate surface area is 142 Å². The molecule has 4 nitrogen and oxygen atoms in total. The number of ether oxygens (including phenoxy) is 1. The van der Waals surface area contributed by atoms with E-state index in [1.54, 1.807) is 12.1 Å². The summed E-state index contributed by atoms with van der Waals surface area (Å²) in [7, 11) is 1.86. The predicted octanol–water partition coefficient (Wildman–Crippen LogP) is 3.39. The molecule has 0 aliphatic heterocycles. The molecule has 0 heterocycles. The molecule has 2 rings (SSSR count). The molecule has 128 valence electrons. The van der Waals surface area contributed by atoms with E-state index in [2.05, 4.69) is 5.32 Å². The van der Waals surface area contributed by atoms with Crippen LogP contribution in [0.15, 0.2) is 42.5 Å². The Morgan fingerprint density at radius 1 is 1.17 bits per heavy atom. The highest BCUT2D eigenvalue weighted by molar-refractivity contribution is 5.92. The second kappa shape index (κ2) is 8.45. The molecule has 1 N–H and O–H groups in total. The quantitative estimate of drug-likeness (QED) is 0.846. The Bertz CT molecular complexity index is 686. The molecule has 0 atom stereocenters. The standard InChI is InChI=1S/C19H23FN2O2/c1-14-4-9-18(15(2)12-14)21-19(23)13-22(3)10-11-24-17-7-5-16(20)6-8-17/h4-9,12H,10-11,13H2,1-3H3,(H,21,23). The minimum absolute atomic E-state index is 0.0637. The number of anilines is 1. The van der Waals surface area contributed by atoms with E-state index in [4.69, 9.17) is 4.74 Å². The van der Waals surface area contributed by atoms with Gasteiger partial charge in [-0.1, -0.05) is 17.7 Å². The monoisotopic (exact) mass is 330 g/mol. The van der Waals surface area contributed by atoms with Gasteiger partial charge in [0.15, 0.2) is 0 Å². The molecule has 5 heteroatoms. The maximum absolute atomic E-state index is 12.8. The van der Waals surface area contributed by atoms with Crippen molar-refractivity contribution in [3.8, 4) is 5.75 Å². The van der Waals surface area contributed by atoms with Crippen molar-refractivity contribution in [2.45, 2.75) is 13.8 Å². The molecule has 2 aromatic rings. The van der Waals surface area contributed by atoms with E-state index >= 15 is 0 Å². The Balaban J connectivity index is 1.74. The van der Waals surface area contributed by atoms with Gasteiger partial charge in [0.25, 0.3) is 0 Å². The van der Waals surface area contributed by atoms with Crippen molar-refractivity contribution in [3.05, 3.63) is 59.4 Å². The SMILES string of the molecule is Cc1ccc(NC(=O)CN(C)CCOc2ccc(F)cc2)c(C)c1. The van der Waals surface area contributed by atoms with Crippen molar-refractivity contribution in [2.75, 3.05) is 32.1 Å². The average Bonchev–Trinajstić information content (AvgIpc) is 2.52. The number of carbonyl (C=O) groups is 1. The molecule has 0 unspecified atom stereocenters. The largest absolute Gasteiger partial charge is 0.492 e. The minimum atomic E-state index is -0.289. The Morgan fingerprint density at radius 3 is 2.54 bits per heavy atom. The first-order valence-electron chi connectivity index (χ1n) is 7.88. The first kappa shape index (κ1) is 17.9. The van der Waals surface area contributed by atoms with E-state index in [1.807, 2.05) is 44.0 Å². The summed E-state index contributed by atoms with van der Waals surface area (Å²) in [5, 5.41) is 2.92.